The lowest BCUT2D eigenvalue weighted by Crippen LogP contribution is -2.40. The molecule has 1 aliphatic heterocycles. The Kier molecular flexibility index (Phi) is 6.38. The molecular weight excluding hydrogens is 480 g/mol. The SMILES string of the molecule is O=S(=O)(c1ccc(N=c2scc(-c3ccco3)n2N=Cc2ccsc2)cc1)N1CCOCC1. The minimum absolute atomic E-state index is 0.245. The highest BCUT2D eigenvalue weighted by Crippen LogP contribution is 2.23. The maximum absolute atomic E-state index is 12.9. The molecule has 170 valence electrons. The smallest absolute Gasteiger partial charge is 0.243 e. The number of benzene rings is 1. The van der Waals surface area contributed by atoms with Crippen molar-refractivity contribution in [1.29, 1.82) is 0 Å². The molecule has 1 fully saturated rings. The minimum Gasteiger partial charge on any atom is -0.463 e. The van der Waals surface area contributed by atoms with E-state index in [0.29, 0.717) is 42.6 Å². The first-order valence-corrected chi connectivity index (χ1v) is 13.4. The Morgan fingerprint density at radius 3 is 2.55 bits per heavy atom. The number of furan rings is 1. The largest absolute Gasteiger partial charge is 0.463 e. The van der Waals surface area contributed by atoms with E-state index in [1.165, 1.54) is 15.6 Å². The molecule has 0 atom stereocenters. The van der Waals surface area contributed by atoms with Crippen molar-refractivity contribution in [3.8, 4) is 11.5 Å². The Morgan fingerprint density at radius 1 is 1.03 bits per heavy atom. The van der Waals surface area contributed by atoms with E-state index in [2.05, 4.69) is 5.10 Å². The van der Waals surface area contributed by atoms with Gasteiger partial charge in [0, 0.05) is 24.0 Å². The van der Waals surface area contributed by atoms with Gasteiger partial charge in [-0.15, -0.1) is 11.3 Å². The van der Waals surface area contributed by atoms with E-state index in [4.69, 9.17) is 14.1 Å². The van der Waals surface area contributed by atoms with Crippen LogP contribution in [0.5, 0.6) is 0 Å². The van der Waals surface area contributed by atoms with E-state index >= 15 is 0 Å². The van der Waals surface area contributed by atoms with E-state index < -0.39 is 10.0 Å². The molecular formula is C22H20N4O4S3. The number of aromatic nitrogens is 1. The van der Waals surface area contributed by atoms with Crippen LogP contribution in [0.2, 0.25) is 0 Å². The fourth-order valence-corrected chi connectivity index (χ4v) is 6.15. The zero-order valence-corrected chi connectivity index (χ0v) is 19.9. The van der Waals surface area contributed by atoms with Crippen molar-refractivity contribution in [2.24, 2.45) is 10.1 Å². The molecule has 0 unspecified atom stereocenters. The quantitative estimate of drug-likeness (QED) is 0.374. The lowest BCUT2D eigenvalue weighted by Gasteiger charge is -2.26. The van der Waals surface area contributed by atoms with Crippen molar-refractivity contribution in [1.82, 2.24) is 8.98 Å². The summed E-state index contributed by atoms with van der Waals surface area (Å²) in [6, 6.07) is 12.3. The summed E-state index contributed by atoms with van der Waals surface area (Å²) >= 11 is 3.02. The molecule has 3 aromatic heterocycles. The molecule has 0 bridgehead atoms. The summed E-state index contributed by atoms with van der Waals surface area (Å²) < 4.78 is 39.7. The Bertz CT molecular complexity index is 1400. The first-order valence-electron chi connectivity index (χ1n) is 10.1. The number of thiazole rings is 1. The fourth-order valence-electron chi connectivity index (χ4n) is 3.30. The van der Waals surface area contributed by atoms with Crippen LogP contribution < -0.4 is 4.80 Å². The van der Waals surface area contributed by atoms with Gasteiger partial charge < -0.3 is 9.15 Å². The standard InChI is InChI=1S/C22H20N4O4S3/c27-33(28,25-8-11-29-12-9-25)19-5-3-18(4-6-19)24-22-26(23-14-17-7-13-31-15-17)20(16-32-22)21-2-1-10-30-21/h1-7,10,13-16H,8-9,11-12H2. The van der Waals surface area contributed by atoms with Gasteiger partial charge in [0.05, 0.1) is 36.3 Å². The second kappa shape index (κ2) is 9.57. The molecule has 0 N–H and O–H groups in total. The van der Waals surface area contributed by atoms with Crippen LogP contribution in [0.15, 0.2) is 84.3 Å². The molecule has 0 aliphatic carbocycles. The molecule has 33 heavy (non-hydrogen) atoms. The summed E-state index contributed by atoms with van der Waals surface area (Å²) in [6.45, 7) is 1.55. The van der Waals surface area contributed by atoms with Gasteiger partial charge in [-0.25, -0.2) is 18.1 Å². The van der Waals surface area contributed by atoms with Crippen LogP contribution in [0.25, 0.3) is 11.5 Å². The Morgan fingerprint density at radius 2 is 1.85 bits per heavy atom. The third-order valence-electron chi connectivity index (χ3n) is 4.99. The zero-order valence-electron chi connectivity index (χ0n) is 17.4. The van der Waals surface area contributed by atoms with Gasteiger partial charge in [-0.05, 0) is 53.2 Å². The molecule has 0 radical (unpaired) electrons. The minimum atomic E-state index is -3.54. The van der Waals surface area contributed by atoms with Crippen LogP contribution in [-0.2, 0) is 14.8 Å². The molecule has 0 saturated carbocycles. The topological polar surface area (TPSA) is 89.4 Å². The van der Waals surface area contributed by atoms with Crippen LogP contribution in [0.3, 0.4) is 0 Å². The maximum Gasteiger partial charge on any atom is 0.243 e. The third-order valence-corrected chi connectivity index (χ3v) is 8.42. The molecule has 5 rings (SSSR count). The number of thiophene rings is 1. The highest BCUT2D eigenvalue weighted by molar-refractivity contribution is 7.89. The molecule has 1 aliphatic rings. The summed E-state index contributed by atoms with van der Waals surface area (Å²) in [5, 5.41) is 10.5. The molecule has 8 nitrogen and oxygen atoms in total. The summed E-state index contributed by atoms with van der Waals surface area (Å²) in [5.74, 6) is 0.683. The Hall–Kier alpha value is -2.83. The molecule has 0 spiro atoms. The van der Waals surface area contributed by atoms with E-state index in [-0.39, 0.29) is 4.90 Å². The monoisotopic (exact) mass is 500 g/mol. The number of ether oxygens (including phenoxy) is 1. The molecule has 4 aromatic rings. The van der Waals surface area contributed by atoms with Crippen molar-refractivity contribution in [2.75, 3.05) is 26.3 Å². The molecule has 11 heteroatoms. The predicted molar refractivity (Wildman–Crippen MR) is 129 cm³/mol. The first-order chi connectivity index (χ1) is 16.1. The van der Waals surface area contributed by atoms with Crippen molar-refractivity contribution >= 4 is 44.6 Å². The third kappa shape index (κ3) is 4.77. The number of morpholine rings is 1. The highest BCUT2D eigenvalue weighted by atomic mass is 32.2. The van der Waals surface area contributed by atoms with E-state index in [1.54, 1.807) is 52.8 Å². The molecule has 4 heterocycles. The van der Waals surface area contributed by atoms with Crippen LogP contribution in [-0.4, -0.2) is 49.9 Å². The first kappa shape index (κ1) is 22.0. The van der Waals surface area contributed by atoms with E-state index in [9.17, 15) is 8.42 Å². The van der Waals surface area contributed by atoms with Crippen LogP contribution in [0.1, 0.15) is 5.56 Å². The van der Waals surface area contributed by atoms with Gasteiger partial charge in [-0.2, -0.15) is 20.7 Å². The van der Waals surface area contributed by atoms with Crippen molar-refractivity contribution in [3.05, 3.63) is 75.2 Å². The van der Waals surface area contributed by atoms with Crippen LogP contribution >= 0.6 is 22.7 Å². The summed E-state index contributed by atoms with van der Waals surface area (Å²) in [7, 11) is -3.54. The second-order valence-corrected chi connectivity index (χ2v) is 10.7. The Balaban J connectivity index is 1.49. The van der Waals surface area contributed by atoms with Gasteiger partial charge in [0.2, 0.25) is 14.8 Å². The number of hydrogen-bond acceptors (Lipinski definition) is 8. The van der Waals surface area contributed by atoms with Gasteiger partial charge in [0.25, 0.3) is 0 Å². The van der Waals surface area contributed by atoms with Crippen LogP contribution in [0, 0.1) is 0 Å². The number of sulfonamides is 1. The lowest BCUT2D eigenvalue weighted by atomic mass is 10.3. The van der Waals surface area contributed by atoms with Gasteiger partial charge in [-0.3, -0.25) is 0 Å². The Labute approximate surface area is 198 Å². The van der Waals surface area contributed by atoms with Gasteiger partial charge in [0.15, 0.2) is 5.76 Å². The average molecular weight is 501 g/mol. The second-order valence-electron chi connectivity index (χ2n) is 7.12. The molecule has 1 aromatic carbocycles. The maximum atomic E-state index is 12.9. The predicted octanol–water partition coefficient (Wildman–Crippen LogP) is 4.01. The summed E-state index contributed by atoms with van der Waals surface area (Å²) in [6.07, 6.45) is 3.39. The van der Waals surface area contributed by atoms with Crippen LogP contribution in [0.4, 0.5) is 5.69 Å². The van der Waals surface area contributed by atoms with E-state index in [1.807, 2.05) is 34.3 Å². The van der Waals surface area contributed by atoms with Crippen molar-refractivity contribution in [2.45, 2.75) is 4.90 Å². The molecule has 1 saturated heterocycles. The fraction of sp³-hybridized carbons (Fsp3) is 0.182. The number of hydrogen-bond donors (Lipinski definition) is 0. The summed E-state index contributed by atoms with van der Waals surface area (Å²) in [4.78, 5) is 5.59. The zero-order chi connectivity index (χ0) is 22.7. The molecule has 0 amide bonds. The normalized spacial score (nSPS) is 16.1. The van der Waals surface area contributed by atoms with Gasteiger partial charge in [0.1, 0.15) is 5.69 Å². The lowest BCUT2D eigenvalue weighted by molar-refractivity contribution is 0.0730. The van der Waals surface area contributed by atoms with Crippen molar-refractivity contribution < 1.29 is 17.6 Å². The number of nitrogens with zero attached hydrogens (tertiary/aromatic N) is 4. The van der Waals surface area contributed by atoms with E-state index in [0.717, 1.165) is 11.3 Å². The highest BCUT2D eigenvalue weighted by Gasteiger charge is 2.26. The average Bonchev–Trinajstić information content (AvgIpc) is 3.61. The summed E-state index contributed by atoms with van der Waals surface area (Å²) in [5.41, 5.74) is 2.40. The van der Waals surface area contributed by atoms with Gasteiger partial charge in [-0.1, -0.05) is 0 Å². The van der Waals surface area contributed by atoms with Gasteiger partial charge >= 0.3 is 0 Å². The number of rotatable bonds is 6. The van der Waals surface area contributed by atoms with Crippen molar-refractivity contribution in [3.63, 3.8) is 0 Å².